The minimum atomic E-state index is -0.633. The zero-order valence-electron chi connectivity index (χ0n) is 11.1. The second kappa shape index (κ2) is 5.40. The zero-order chi connectivity index (χ0) is 14.8. The van der Waals surface area contributed by atoms with Crippen LogP contribution in [0.5, 0.6) is 0 Å². The van der Waals surface area contributed by atoms with Gasteiger partial charge < -0.3 is 14.8 Å². The summed E-state index contributed by atoms with van der Waals surface area (Å²) in [4.78, 5) is 14.0. The fourth-order valence-corrected chi connectivity index (χ4v) is 1.86. The highest BCUT2D eigenvalue weighted by Gasteiger charge is 2.32. The Morgan fingerprint density at radius 1 is 1.65 bits per heavy atom. The lowest BCUT2D eigenvalue weighted by Crippen LogP contribution is -2.26. The Hall–Kier alpha value is -2.24. The number of nitro groups is 1. The number of ether oxygens (including phenoxy) is 2. The summed E-state index contributed by atoms with van der Waals surface area (Å²) in [6, 6.07) is 4.42. The fourth-order valence-electron chi connectivity index (χ4n) is 1.86. The van der Waals surface area contributed by atoms with Crippen LogP contribution in [0.25, 0.3) is 0 Å². The highest BCUT2D eigenvalue weighted by molar-refractivity contribution is 5.50. The van der Waals surface area contributed by atoms with E-state index in [1.807, 2.05) is 13.8 Å². The van der Waals surface area contributed by atoms with Crippen LogP contribution in [0.4, 0.5) is 11.5 Å². The van der Waals surface area contributed by atoms with Gasteiger partial charge in [-0.2, -0.15) is 5.26 Å². The summed E-state index contributed by atoms with van der Waals surface area (Å²) in [5.74, 6) is -0.215. The molecule has 106 valence electrons. The number of rotatable bonds is 4. The summed E-state index contributed by atoms with van der Waals surface area (Å²) < 4.78 is 11.0. The van der Waals surface area contributed by atoms with Gasteiger partial charge in [-0.3, -0.25) is 10.1 Å². The maximum atomic E-state index is 10.7. The van der Waals surface area contributed by atoms with E-state index in [0.29, 0.717) is 19.0 Å². The van der Waals surface area contributed by atoms with Crippen molar-refractivity contribution in [1.82, 2.24) is 4.98 Å². The molecular weight excluding hydrogens is 264 g/mol. The number of nitrogens with one attached hydrogen (secondary N) is 1. The Morgan fingerprint density at radius 2 is 2.40 bits per heavy atom. The zero-order valence-corrected chi connectivity index (χ0v) is 11.1. The van der Waals surface area contributed by atoms with Crippen molar-refractivity contribution >= 4 is 11.5 Å². The molecule has 0 saturated carbocycles. The summed E-state index contributed by atoms with van der Waals surface area (Å²) in [6.07, 6.45) is -0.132. The summed E-state index contributed by atoms with van der Waals surface area (Å²) >= 11 is 0. The molecule has 1 unspecified atom stereocenters. The highest BCUT2D eigenvalue weighted by Crippen LogP contribution is 2.23. The Kier molecular flexibility index (Phi) is 3.83. The van der Waals surface area contributed by atoms with E-state index in [9.17, 15) is 10.1 Å². The number of nitrogens with zero attached hydrogens (tertiary/aromatic N) is 3. The quantitative estimate of drug-likeness (QED) is 0.655. The third-order valence-corrected chi connectivity index (χ3v) is 2.75. The van der Waals surface area contributed by atoms with E-state index in [1.165, 1.54) is 12.1 Å². The number of anilines is 1. The number of nitriles is 1. The summed E-state index contributed by atoms with van der Waals surface area (Å²) in [5.41, 5.74) is -0.524. The lowest BCUT2D eigenvalue weighted by molar-refractivity contribution is -0.385. The molecule has 0 radical (unpaired) electrons. The Balaban J connectivity index is 2.01. The van der Waals surface area contributed by atoms with Crippen molar-refractivity contribution in [3.8, 4) is 6.07 Å². The van der Waals surface area contributed by atoms with Gasteiger partial charge in [0.05, 0.1) is 11.5 Å². The number of hydrogen-bond donors (Lipinski definition) is 1. The van der Waals surface area contributed by atoms with Crippen molar-refractivity contribution in [3.63, 3.8) is 0 Å². The van der Waals surface area contributed by atoms with Gasteiger partial charge in [0, 0.05) is 12.6 Å². The molecule has 0 bridgehead atoms. The van der Waals surface area contributed by atoms with Crippen molar-refractivity contribution in [2.75, 3.05) is 18.5 Å². The minimum absolute atomic E-state index is 0.132. The first-order valence-electron chi connectivity index (χ1n) is 6.02. The summed E-state index contributed by atoms with van der Waals surface area (Å²) in [5, 5.41) is 22.5. The van der Waals surface area contributed by atoms with E-state index in [2.05, 4.69) is 10.3 Å². The van der Waals surface area contributed by atoms with E-state index >= 15 is 0 Å². The first-order chi connectivity index (χ1) is 9.41. The average molecular weight is 278 g/mol. The van der Waals surface area contributed by atoms with Gasteiger partial charge in [0.25, 0.3) is 0 Å². The molecule has 2 rings (SSSR count). The molecule has 8 nitrogen and oxygen atoms in total. The van der Waals surface area contributed by atoms with Crippen LogP contribution in [0.2, 0.25) is 0 Å². The lowest BCUT2D eigenvalue weighted by atomic mass is 10.3. The molecule has 0 aliphatic carbocycles. The van der Waals surface area contributed by atoms with Gasteiger partial charge in [0.15, 0.2) is 5.79 Å². The first-order valence-corrected chi connectivity index (χ1v) is 6.02. The lowest BCUT2D eigenvalue weighted by Gasteiger charge is -2.17. The van der Waals surface area contributed by atoms with Gasteiger partial charge in [0.2, 0.25) is 5.69 Å². The summed E-state index contributed by atoms with van der Waals surface area (Å²) in [7, 11) is 0. The van der Waals surface area contributed by atoms with E-state index in [1.54, 1.807) is 6.07 Å². The van der Waals surface area contributed by atoms with E-state index in [-0.39, 0.29) is 17.5 Å². The van der Waals surface area contributed by atoms with E-state index < -0.39 is 10.7 Å². The average Bonchev–Trinajstić information content (AvgIpc) is 2.75. The molecule has 1 aromatic rings. The molecule has 1 aromatic heterocycles. The predicted molar refractivity (Wildman–Crippen MR) is 69.0 cm³/mol. The van der Waals surface area contributed by atoms with Crippen molar-refractivity contribution in [2.24, 2.45) is 0 Å². The van der Waals surface area contributed by atoms with Crippen LogP contribution in [-0.2, 0) is 9.47 Å². The molecule has 1 saturated heterocycles. The molecule has 1 aliphatic rings. The molecule has 1 atom stereocenters. The van der Waals surface area contributed by atoms with Crippen LogP contribution in [-0.4, -0.2) is 35.0 Å². The smallest absolute Gasteiger partial charge is 0.305 e. The third-order valence-electron chi connectivity index (χ3n) is 2.75. The van der Waals surface area contributed by atoms with Crippen molar-refractivity contribution in [3.05, 3.63) is 27.9 Å². The molecular formula is C12H14N4O4. The first kappa shape index (κ1) is 14.2. The monoisotopic (exact) mass is 278 g/mol. The maximum Gasteiger partial charge on any atom is 0.305 e. The van der Waals surface area contributed by atoms with Crippen LogP contribution in [0.3, 0.4) is 0 Å². The van der Waals surface area contributed by atoms with Gasteiger partial charge in [-0.25, -0.2) is 4.98 Å². The number of hydrogen-bond acceptors (Lipinski definition) is 7. The topological polar surface area (TPSA) is 110 Å². The molecule has 2 heterocycles. The molecule has 0 aromatic carbocycles. The van der Waals surface area contributed by atoms with Crippen molar-refractivity contribution < 1.29 is 14.4 Å². The summed E-state index contributed by atoms with van der Waals surface area (Å²) in [6.45, 7) is 4.55. The van der Waals surface area contributed by atoms with Crippen LogP contribution in [0.15, 0.2) is 12.1 Å². The molecule has 0 spiro atoms. The fraction of sp³-hybridized carbons (Fsp3) is 0.500. The standard InChI is InChI=1S/C12H14N4O4/c1-12(2)19-7-8(20-12)6-14-11-4-3-10(16(17)18)9(5-13)15-11/h3-4,8H,6-7H2,1-2H3,(H,14,15). The van der Waals surface area contributed by atoms with Crippen LogP contribution < -0.4 is 5.32 Å². The highest BCUT2D eigenvalue weighted by atomic mass is 16.7. The van der Waals surface area contributed by atoms with Crippen molar-refractivity contribution in [1.29, 1.82) is 5.26 Å². The maximum absolute atomic E-state index is 10.7. The Labute approximate surface area is 115 Å². The van der Waals surface area contributed by atoms with Gasteiger partial charge in [-0.15, -0.1) is 0 Å². The minimum Gasteiger partial charge on any atom is -0.367 e. The molecule has 20 heavy (non-hydrogen) atoms. The molecule has 1 aliphatic heterocycles. The molecule has 8 heteroatoms. The van der Waals surface area contributed by atoms with Crippen molar-refractivity contribution in [2.45, 2.75) is 25.7 Å². The van der Waals surface area contributed by atoms with Gasteiger partial charge in [0.1, 0.15) is 18.0 Å². The normalized spacial score (nSPS) is 20.4. The van der Waals surface area contributed by atoms with Crippen LogP contribution >= 0.6 is 0 Å². The molecule has 0 amide bonds. The molecule has 1 N–H and O–H groups in total. The van der Waals surface area contributed by atoms with Gasteiger partial charge in [-0.05, 0) is 19.9 Å². The van der Waals surface area contributed by atoms with E-state index in [0.717, 1.165) is 0 Å². The predicted octanol–water partition coefficient (Wildman–Crippen LogP) is 1.42. The molecule has 1 fully saturated rings. The number of pyridine rings is 1. The van der Waals surface area contributed by atoms with E-state index in [4.69, 9.17) is 14.7 Å². The van der Waals surface area contributed by atoms with Gasteiger partial charge >= 0.3 is 5.69 Å². The van der Waals surface area contributed by atoms with Crippen LogP contribution in [0.1, 0.15) is 19.5 Å². The van der Waals surface area contributed by atoms with Crippen LogP contribution in [0, 0.1) is 21.4 Å². The number of aromatic nitrogens is 1. The SMILES string of the molecule is CC1(C)OCC(CNc2ccc([N+](=O)[O-])c(C#N)n2)O1. The van der Waals surface area contributed by atoms with Gasteiger partial charge in [-0.1, -0.05) is 0 Å². The largest absolute Gasteiger partial charge is 0.367 e. The second-order valence-electron chi connectivity index (χ2n) is 4.76. The third kappa shape index (κ3) is 3.20. The Bertz CT molecular complexity index is 567. The second-order valence-corrected chi connectivity index (χ2v) is 4.76. The Morgan fingerprint density at radius 3 is 2.95 bits per heavy atom.